The van der Waals surface area contributed by atoms with Crippen LogP contribution in [0, 0.1) is 6.92 Å². The van der Waals surface area contributed by atoms with Crippen LogP contribution in [0.4, 0.5) is 11.5 Å². The molecule has 4 rings (SSSR count). The maximum absolute atomic E-state index is 5.55. The summed E-state index contributed by atoms with van der Waals surface area (Å²) in [5.74, 6) is 3.13. The van der Waals surface area contributed by atoms with E-state index in [4.69, 9.17) is 18.9 Å². The molecule has 0 saturated carbocycles. The van der Waals surface area contributed by atoms with Crippen molar-refractivity contribution in [2.75, 3.05) is 33.8 Å². The Labute approximate surface area is 186 Å². The van der Waals surface area contributed by atoms with Gasteiger partial charge < -0.3 is 24.3 Å². The van der Waals surface area contributed by atoms with Crippen LogP contribution in [0.2, 0.25) is 0 Å². The van der Waals surface area contributed by atoms with E-state index in [1.54, 1.807) is 28.4 Å². The second-order valence-corrected chi connectivity index (χ2v) is 7.21. The fourth-order valence-electron chi connectivity index (χ4n) is 3.53. The van der Waals surface area contributed by atoms with Gasteiger partial charge in [0, 0.05) is 22.4 Å². The molecule has 0 atom stereocenters. The van der Waals surface area contributed by atoms with Crippen molar-refractivity contribution in [1.29, 1.82) is 0 Å². The molecule has 7 nitrogen and oxygen atoms in total. The molecule has 7 heteroatoms. The smallest absolute Gasteiger partial charge is 0.161 e. The zero-order valence-electron chi connectivity index (χ0n) is 18.7. The molecule has 1 aromatic heterocycles. The van der Waals surface area contributed by atoms with Crippen molar-refractivity contribution in [2.45, 2.75) is 6.92 Å². The van der Waals surface area contributed by atoms with Crippen LogP contribution in [0.25, 0.3) is 22.0 Å². The second-order valence-electron chi connectivity index (χ2n) is 7.21. The predicted molar refractivity (Wildman–Crippen MR) is 126 cm³/mol. The van der Waals surface area contributed by atoms with E-state index in [-0.39, 0.29) is 0 Å². The van der Waals surface area contributed by atoms with E-state index in [2.05, 4.69) is 34.6 Å². The number of ether oxygens (including phenoxy) is 4. The van der Waals surface area contributed by atoms with E-state index in [1.807, 2.05) is 42.5 Å². The molecule has 1 heterocycles. The Balaban J connectivity index is 1.93. The van der Waals surface area contributed by atoms with Gasteiger partial charge in [-0.05, 0) is 31.2 Å². The maximum Gasteiger partial charge on any atom is 0.161 e. The molecule has 0 aliphatic carbocycles. The molecule has 1 N–H and O–H groups in total. The number of nitrogens with zero attached hydrogens (tertiary/aromatic N) is 2. The lowest BCUT2D eigenvalue weighted by Gasteiger charge is -2.16. The lowest BCUT2D eigenvalue weighted by molar-refractivity contribution is 0.356. The van der Waals surface area contributed by atoms with Crippen LogP contribution >= 0.6 is 0 Å². The average Bonchev–Trinajstić information content (AvgIpc) is 2.83. The molecule has 0 fully saturated rings. The van der Waals surface area contributed by atoms with E-state index < -0.39 is 0 Å². The fourth-order valence-corrected chi connectivity index (χ4v) is 3.53. The fraction of sp³-hybridized carbons (Fsp3) is 0.200. The number of aromatic nitrogens is 2. The summed E-state index contributed by atoms with van der Waals surface area (Å²) in [4.78, 5) is 0. The van der Waals surface area contributed by atoms with E-state index in [0.29, 0.717) is 34.5 Å². The molecule has 0 bridgehead atoms. The molecule has 0 radical (unpaired) electrons. The number of hydrogen-bond acceptors (Lipinski definition) is 7. The van der Waals surface area contributed by atoms with Crippen LogP contribution in [0.15, 0.2) is 54.6 Å². The molecule has 0 amide bonds. The topological polar surface area (TPSA) is 74.7 Å². The second kappa shape index (κ2) is 9.01. The molecular weight excluding hydrogens is 406 g/mol. The Morgan fingerprint density at radius 1 is 0.656 bits per heavy atom. The quantitative estimate of drug-likeness (QED) is 0.421. The number of nitrogens with one attached hydrogen (secondary N) is 1. The van der Waals surface area contributed by atoms with Crippen LogP contribution in [0.5, 0.6) is 23.0 Å². The van der Waals surface area contributed by atoms with Crippen LogP contribution < -0.4 is 24.3 Å². The molecule has 0 unspecified atom stereocenters. The lowest BCUT2D eigenvalue weighted by atomic mass is 10.0. The van der Waals surface area contributed by atoms with Gasteiger partial charge in [0.05, 0.1) is 34.1 Å². The first kappa shape index (κ1) is 21.2. The van der Waals surface area contributed by atoms with Crippen molar-refractivity contribution in [1.82, 2.24) is 10.2 Å². The van der Waals surface area contributed by atoms with Gasteiger partial charge in [-0.3, -0.25) is 0 Å². The minimum Gasteiger partial charge on any atom is -0.497 e. The first-order valence-corrected chi connectivity index (χ1v) is 10.1. The minimum absolute atomic E-state index is 0.559. The summed E-state index contributed by atoms with van der Waals surface area (Å²) in [6.07, 6.45) is 0. The Hall–Kier alpha value is -4.00. The van der Waals surface area contributed by atoms with Gasteiger partial charge in [0.25, 0.3) is 0 Å². The third-order valence-electron chi connectivity index (χ3n) is 5.27. The van der Waals surface area contributed by atoms with Crippen LogP contribution in [0.1, 0.15) is 5.56 Å². The third-order valence-corrected chi connectivity index (χ3v) is 5.27. The zero-order chi connectivity index (χ0) is 22.7. The highest BCUT2D eigenvalue weighted by Gasteiger charge is 2.17. The molecule has 0 spiro atoms. The summed E-state index contributed by atoms with van der Waals surface area (Å²) in [5, 5.41) is 14.1. The molecule has 0 aliphatic rings. The van der Waals surface area contributed by atoms with E-state index in [9.17, 15) is 0 Å². The van der Waals surface area contributed by atoms with Crippen LogP contribution in [-0.2, 0) is 0 Å². The average molecular weight is 431 g/mol. The molecule has 164 valence electrons. The summed E-state index contributed by atoms with van der Waals surface area (Å²) in [7, 11) is 6.46. The molecule has 3 aromatic carbocycles. The Kier molecular flexibility index (Phi) is 5.98. The first-order chi connectivity index (χ1) is 15.6. The minimum atomic E-state index is 0.559. The van der Waals surface area contributed by atoms with Crippen molar-refractivity contribution in [2.24, 2.45) is 0 Å². The number of aryl methyl sites for hydroxylation is 1. The third kappa shape index (κ3) is 3.97. The summed E-state index contributed by atoms with van der Waals surface area (Å²) >= 11 is 0. The van der Waals surface area contributed by atoms with Gasteiger partial charge in [-0.2, -0.15) is 0 Å². The lowest BCUT2D eigenvalue weighted by Crippen LogP contribution is -2.02. The summed E-state index contributed by atoms with van der Waals surface area (Å²) < 4.78 is 22.0. The van der Waals surface area contributed by atoms with Gasteiger partial charge in [-0.15, -0.1) is 10.2 Å². The largest absolute Gasteiger partial charge is 0.497 e. The van der Waals surface area contributed by atoms with Gasteiger partial charge in [0.2, 0.25) is 0 Å². The molecule has 0 aliphatic heterocycles. The summed E-state index contributed by atoms with van der Waals surface area (Å²) in [6.45, 7) is 2.05. The number of methoxy groups -OCH3 is 4. The highest BCUT2D eigenvalue weighted by atomic mass is 16.5. The van der Waals surface area contributed by atoms with Crippen molar-refractivity contribution in [3.8, 4) is 34.3 Å². The molecule has 32 heavy (non-hydrogen) atoms. The SMILES string of the molecule is COc1ccc(OC)c(Nc2nnc(-c3ccc(C)cc3)c3cc(OC)c(OC)cc23)c1. The molecule has 0 saturated heterocycles. The molecular formula is C25H25N3O4. The van der Waals surface area contributed by atoms with Gasteiger partial charge in [-0.1, -0.05) is 29.8 Å². The van der Waals surface area contributed by atoms with E-state index in [1.165, 1.54) is 5.56 Å². The first-order valence-electron chi connectivity index (χ1n) is 10.1. The highest BCUT2D eigenvalue weighted by molar-refractivity contribution is 6.02. The van der Waals surface area contributed by atoms with Crippen LogP contribution in [0.3, 0.4) is 0 Å². The Morgan fingerprint density at radius 2 is 1.31 bits per heavy atom. The van der Waals surface area contributed by atoms with Gasteiger partial charge >= 0.3 is 0 Å². The van der Waals surface area contributed by atoms with Gasteiger partial charge in [0.1, 0.15) is 17.2 Å². The van der Waals surface area contributed by atoms with E-state index in [0.717, 1.165) is 22.0 Å². The van der Waals surface area contributed by atoms with E-state index >= 15 is 0 Å². The standard InChI is InChI=1S/C25H25N3O4/c1-15-6-8-16(9-7-15)24-18-13-22(31-4)23(32-5)14-19(18)25(28-27-24)26-20-12-17(29-2)10-11-21(20)30-3/h6-14H,1-5H3,(H,26,28). The van der Waals surface area contributed by atoms with Crippen LogP contribution in [-0.4, -0.2) is 38.6 Å². The number of anilines is 2. The van der Waals surface area contributed by atoms with Gasteiger partial charge in [-0.25, -0.2) is 0 Å². The highest BCUT2D eigenvalue weighted by Crippen LogP contribution is 2.40. The number of benzene rings is 3. The zero-order valence-corrected chi connectivity index (χ0v) is 18.7. The van der Waals surface area contributed by atoms with Gasteiger partial charge in [0.15, 0.2) is 17.3 Å². The summed E-state index contributed by atoms with van der Waals surface area (Å²) in [5.41, 5.74) is 3.60. The summed E-state index contributed by atoms with van der Waals surface area (Å²) in [6, 6.07) is 17.5. The number of rotatable bonds is 7. The Morgan fingerprint density at radius 3 is 1.94 bits per heavy atom. The predicted octanol–water partition coefficient (Wildman–Crippen LogP) is 5.38. The Bertz CT molecular complexity index is 1260. The molecule has 4 aromatic rings. The van der Waals surface area contributed by atoms with Crippen molar-refractivity contribution in [3.05, 3.63) is 60.2 Å². The normalized spacial score (nSPS) is 10.7. The van der Waals surface area contributed by atoms with Crippen molar-refractivity contribution < 1.29 is 18.9 Å². The number of fused-ring (bicyclic) bond motifs is 1. The monoisotopic (exact) mass is 431 g/mol. The number of hydrogen-bond donors (Lipinski definition) is 1. The van der Waals surface area contributed by atoms with Crippen molar-refractivity contribution >= 4 is 22.3 Å². The van der Waals surface area contributed by atoms with Crippen molar-refractivity contribution in [3.63, 3.8) is 0 Å². The maximum atomic E-state index is 5.55.